The lowest BCUT2D eigenvalue weighted by atomic mass is 9.95. The molecule has 1 fully saturated rings. The molecule has 190 valence electrons. The Morgan fingerprint density at radius 3 is 2.09 bits per heavy atom. The van der Waals surface area contributed by atoms with Gasteiger partial charge >= 0.3 is 6.18 Å². The number of anilines is 1. The first-order valence-corrected chi connectivity index (χ1v) is 12.6. The molecule has 0 amide bonds. The minimum atomic E-state index is -4.49. The number of halogens is 3. The predicted octanol–water partition coefficient (Wildman–Crippen LogP) is 4.52. The number of alkyl halides is 3. The fourth-order valence-corrected chi connectivity index (χ4v) is 4.66. The van der Waals surface area contributed by atoms with E-state index < -0.39 is 17.3 Å². The van der Waals surface area contributed by atoms with Crippen molar-refractivity contribution in [2.75, 3.05) is 43.4 Å². The Balaban J connectivity index is 1.53. The Hall–Kier alpha value is -1.88. The van der Waals surface area contributed by atoms with E-state index in [1.807, 2.05) is 32.7 Å². The second-order valence-corrected chi connectivity index (χ2v) is 11.9. The van der Waals surface area contributed by atoms with Gasteiger partial charge in [-0.15, -0.1) is 10.2 Å². The van der Waals surface area contributed by atoms with E-state index in [0.29, 0.717) is 18.9 Å². The first-order chi connectivity index (χ1) is 15.7. The third-order valence-corrected chi connectivity index (χ3v) is 6.83. The minimum Gasteiger partial charge on any atom is -0.354 e. The van der Waals surface area contributed by atoms with Gasteiger partial charge in [-0.3, -0.25) is 4.90 Å². The standard InChI is InChI=1S/C23H36F3N7S/c1-21(2,3)18-27-16(23(24,25)26)15-17(28-18)33-12-10-32(11-13-33)9-8-14-34-20-30-29-19(31(20)7)22(4,5)6/h15H,8-14H2,1-7H3. The fourth-order valence-electron chi connectivity index (χ4n) is 3.82. The number of aromatic nitrogens is 5. The Morgan fingerprint density at radius 1 is 0.912 bits per heavy atom. The molecule has 0 N–H and O–H groups in total. The van der Waals surface area contributed by atoms with Gasteiger partial charge in [-0.2, -0.15) is 13.2 Å². The molecule has 2 aromatic rings. The van der Waals surface area contributed by atoms with Crippen LogP contribution < -0.4 is 4.90 Å². The number of hydrogen-bond acceptors (Lipinski definition) is 7. The Kier molecular flexibility index (Phi) is 7.86. The molecular weight excluding hydrogens is 463 g/mol. The van der Waals surface area contributed by atoms with Crippen LogP contribution in [0.3, 0.4) is 0 Å². The summed E-state index contributed by atoms with van der Waals surface area (Å²) < 4.78 is 42.3. The number of nitrogens with zero attached hydrogens (tertiary/aromatic N) is 7. The molecule has 0 unspecified atom stereocenters. The largest absolute Gasteiger partial charge is 0.433 e. The van der Waals surface area contributed by atoms with Crippen LogP contribution in [0.2, 0.25) is 0 Å². The van der Waals surface area contributed by atoms with Gasteiger partial charge in [0, 0.05) is 55.9 Å². The van der Waals surface area contributed by atoms with Crippen molar-refractivity contribution in [2.45, 2.75) is 70.1 Å². The summed E-state index contributed by atoms with van der Waals surface area (Å²) >= 11 is 1.71. The summed E-state index contributed by atoms with van der Waals surface area (Å²) in [5, 5.41) is 9.58. The molecule has 0 saturated carbocycles. The molecule has 0 radical (unpaired) electrons. The van der Waals surface area contributed by atoms with Crippen LogP contribution in [0.1, 0.15) is 65.3 Å². The summed E-state index contributed by atoms with van der Waals surface area (Å²) in [7, 11) is 2.00. The van der Waals surface area contributed by atoms with Crippen LogP contribution in [-0.4, -0.2) is 68.1 Å². The molecule has 0 atom stereocenters. The quantitative estimate of drug-likeness (QED) is 0.428. The highest BCUT2D eigenvalue weighted by Gasteiger charge is 2.36. The topological polar surface area (TPSA) is 63.0 Å². The van der Waals surface area contributed by atoms with Crippen LogP contribution in [0, 0.1) is 0 Å². The summed E-state index contributed by atoms with van der Waals surface area (Å²) in [6.07, 6.45) is -3.49. The maximum atomic E-state index is 13.4. The molecule has 34 heavy (non-hydrogen) atoms. The van der Waals surface area contributed by atoms with Crippen LogP contribution in [0.25, 0.3) is 0 Å². The lowest BCUT2D eigenvalue weighted by Gasteiger charge is -2.36. The zero-order chi connectivity index (χ0) is 25.3. The molecule has 0 spiro atoms. The number of piperazine rings is 1. The maximum Gasteiger partial charge on any atom is 0.433 e. The molecule has 7 nitrogen and oxygen atoms in total. The highest BCUT2D eigenvalue weighted by Crippen LogP contribution is 2.32. The van der Waals surface area contributed by atoms with Gasteiger partial charge in [0.15, 0.2) is 5.16 Å². The molecule has 3 rings (SSSR count). The second-order valence-electron chi connectivity index (χ2n) is 10.8. The molecule has 1 aliphatic rings. The summed E-state index contributed by atoms with van der Waals surface area (Å²) in [5.74, 6) is 2.49. The zero-order valence-corrected chi connectivity index (χ0v) is 22.0. The molecule has 0 bridgehead atoms. The lowest BCUT2D eigenvalue weighted by molar-refractivity contribution is -0.141. The van der Waals surface area contributed by atoms with Gasteiger partial charge in [0.2, 0.25) is 0 Å². The van der Waals surface area contributed by atoms with E-state index in [2.05, 4.69) is 50.4 Å². The highest BCUT2D eigenvalue weighted by molar-refractivity contribution is 7.99. The van der Waals surface area contributed by atoms with Crippen molar-refractivity contribution in [2.24, 2.45) is 7.05 Å². The van der Waals surface area contributed by atoms with Crippen molar-refractivity contribution < 1.29 is 13.2 Å². The summed E-state index contributed by atoms with van der Waals surface area (Å²) in [4.78, 5) is 12.6. The molecule has 2 aromatic heterocycles. The third-order valence-electron chi connectivity index (χ3n) is 5.73. The summed E-state index contributed by atoms with van der Waals surface area (Å²) in [6, 6.07) is 1.08. The van der Waals surface area contributed by atoms with Gasteiger partial charge in [0.05, 0.1) is 0 Å². The highest BCUT2D eigenvalue weighted by atomic mass is 32.2. The average Bonchev–Trinajstić information content (AvgIpc) is 3.11. The monoisotopic (exact) mass is 499 g/mol. The van der Waals surface area contributed by atoms with E-state index >= 15 is 0 Å². The Labute approximate surface area is 204 Å². The minimum absolute atomic E-state index is 0.0432. The van der Waals surface area contributed by atoms with Crippen molar-refractivity contribution >= 4 is 17.6 Å². The molecule has 1 aliphatic heterocycles. The van der Waals surface area contributed by atoms with Gasteiger partial charge in [-0.25, -0.2) is 9.97 Å². The first kappa shape index (κ1) is 26.7. The van der Waals surface area contributed by atoms with Gasteiger partial charge < -0.3 is 9.47 Å². The smallest absolute Gasteiger partial charge is 0.354 e. The molecular formula is C23H36F3N7S. The molecule has 3 heterocycles. The van der Waals surface area contributed by atoms with Crippen molar-refractivity contribution in [3.63, 3.8) is 0 Å². The average molecular weight is 500 g/mol. The fraction of sp³-hybridized carbons (Fsp3) is 0.739. The van der Waals surface area contributed by atoms with E-state index in [-0.39, 0.29) is 11.2 Å². The van der Waals surface area contributed by atoms with Crippen molar-refractivity contribution in [3.05, 3.63) is 23.4 Å². The zero-order valence-electron chi connectivity index (χ0n) is 21.2. The van der Waals surface area contributed by atoms with E-state index in [1.54, 1.807) is 11.8 Å². The maximum absolute atomic E-state index is 13.4. The summed E-state index contributed by atoms with van der Waals surface area (Å²) in [6.45, 7) is 15.7. The first-order valence-electron chi connectivity index (χ1n) is 11.6. The lowest BCUT2D eigenvalue weighted by Crippen LogP contribution is -2.47. The number of rotatable bonds is 6. The van der Waals surface area contributed by atoms with Crippen molar-refractivity contribution in [1.29, 1.82) is 0 Å². The van der Waals surface area contributed by atoms with Gasteiger partial charge in [-0.05, 0) is 13.0 Å². The number of hydrogen-bond donors (Lipinski definition) is 0. The van der Waals surface area contributed by atoms with E-state index in [9.17, 15) is 13.2 Å². The third kappa shape index (κ3) is 6.62. The van der Waals surface area contributed by atoms with Crippen molar-refractivity contribution in [1.82, 2.24) is 29.6 Å². The normalized spacial score (nSPS) is 16.4. The Bertz CT molecular complexity index is 936. The molecule has 11 heteroatoms. The molecule has 1 saturated heterocycles. The molecule has 0 aliphatic carbocycles. The number of thioether (sulfide) groups is 1. The van der Waals surface area contributed by atoms with Crippen LogP contribution in [0.5, 0.6) is 0 Å². The van der Waals surface area contributed by atoms with E-state index in [4.69, 9.17) is 0 Å². The SMILES string of the molecule is Cn1c(SCCCN2CCN(c3cc(C(F)(F)F)nc(C(C)(C)C)n3)CC2)nnc1C(C)(C)C. The van der Waals surface area contributed by atoms with Gasteiger partial charge in [0.25, 0.3) is 0 Å². The van der Waals surface area contributed by atoms with Crippen LogP contribution >= 0.6 is 11.8 Å². The van der Waals surface area contributed by atoms with E-state index in [1.165, 1.54) is 0 Å². The predicted molar refractivity (Wildman–Crippen MR) is 129 cm³/mol. The van der Waals surface area contributed by atoms with Gasteiger partial charge in [0.1, 0.15) is 23.2 Å². The van der Waals surface area contributed by atoms with Crippen LogP contribution in [0.15, 0.2) is 11.2 Å². The van der Waals surface area contributed by atoms with Gasteiger partial charge in [-0.1, -0.05) is 53.3 Å². The molecule has 0 aromatic carbocycles. The summed E-state index contributed by atoms with van der Waals surface area (Å²) in [5.41, 5.74) is -1.48. The van der Waals surface area contributed by atoms with Crippen molar-refractivity contribution in [3.8, 4) is 0 Å². The van der Waals surface area contributed by atoms with Crippen LogP contribution in [-0.2, 0) is 24.1 Å². The Morgan fingerprint density at radius 2 is 1.56 bits per heavy atom. The van der Waals surface area contributed by atoms with Crippen LogP contribution in [0.4, 0.5) is 19.0 Å². The second kappa shape index (κ2) is 10.0. The van der Waals surface area contributed by atoms with E-state index in [0.717, 1.165) is 48.9 Å².